The third-order valence-electron chi connectivity index (χ3n) is 3.65. The van der Waals surface area contributed by atoms with Crippen LogP contribution in [0.3, 0.4) is 0 Å². The fourth-order valence-electron chi connectivity index (χ4n) is 2.28. The molecule has 8 heteroatoms. The molecule has 0 atom stereocenters. The van der Waals surface area contributed by atoms with E-state index in [0.717, 1.165) is 0 Å². The molecule has 0 heterocycles. The Balaban J connectivity index is 2.26. The van der Waals surface area contributed by atoms with Gasteiger partial charge in [0.15, 0.2) is 0 Å². The van der Waals surface area contributed by atoms with Crippen molar-refractivity contribution >= 4 is 15.7 Å². The molecule has 7 nitrogen and oxygen atoms in total. The first-order valence-corrected chi connectivity index (χ1v) is 9.37. The van der Waals surface area contributed by atoms with Crippen LogP contribution in [0, 0.1) is 6.92 Å². The van der Waals surface area contributed by atoms with E-state index in [0.29, 0.717) is 41.7 Å². The van der Waals surface area contributed by atoms with Gasteiger partial charge in [0.05, 0.1) is 31.4 Å². The molecule has 0 fully saturated rings. The fraction of sp³-hybridized carbons (Fsp3) is 0.333. The van der Waals surface area contributed by atoms with Crippen molar-refractivity contribution < 1.29 is 27.4 Å². The van der Waals surface area contributed by atoms with Crippen molar-refractivity contribution in [3.8, 4) is 17.2 Å². The van der Waals surface area contributed by atoms with E-state index < -0.39 is 10.0 Å². The van der Waals surface area contributed by atoms with Gasteiger partial charge >= 0.3 is 0 Å². The SMILES string of the molecule is COCCOc1ccc(S(=O)(=O)Nc2cc(OC)ccc2OC)cc1C. The van der Waals surface area contributed by atoms with Gasteiger partial charge in [-0.1, -0.05) is 0 Å². The summed E-state index contributed by atoms with van der Waals surface area (Å²) in [7, 11) is 0.760. The zero-order chi connectivity index (χ0) is 19.2. The Morgan fingerprint density at radius 1 is 0.923 bits per heavy atom. The number of aryl methyl sites for hydroxylation is 1. The second kappa shape index (κ2) is 8.77. The fourth-order valence-corrected chi connectivity index (χ4v) is 3.43. The van der Waals surface area contributed by atoms with Gasteiger partial charge in [-0.05, 0) is 42.8 Å². The van der Waals surface area contributed by atoms with Crippen LogP contribution < -0.4 is 18.9 Å². The number of ether oxygens (including phenoxy) is 4. The van der Waals surface area contributed by atoms with Crippen LogP contribution in [-0.2, 0) is 14.8 Å². The topological polar surface area (TPSA) is 83.1 Å². The third-order valence-corrected chi connectivity index (χ3v) is 5.02. The third kappa shape index (κ3) is 4.80. The van der Waals surface area contributed by atoms with Gasteiger partial charge in [0.25, 0.3) is 10.0 Å². The zero-order valence-electron chi connectivity index (χ0n) is 15.2. The molecule has 0 spiro atoms. The number of hydrogen-bond donors (Lipinski definition) is 1. The second-order valence-electron chi connectivity index (χ2n) is 5.44. The number of rotatable bonds is 9. The Morgan fingerprint density at radius 3 is 2.27 bits per heavy atom. The summed E-state index contributed by atoms with van der Waals surface area (Å²) in [6, 6.07) is 9.55. The van der Waals surface area contributed by atoms with Crippen molar-refractivity contribution in [1.82, 2.24) is 0 Å². The van der Waals surface area contributed by atoms with Crippen LogP contribution in [0.4, 0.5) is 5.69 Å². The van der Waals surface area contributed by atoms with Gasteiger partial charge in [-0.3, -0.25) is 4.72 Å². The molecule has 0 bridgehead atoms. The lowest BCUT2D eigenvalue weighted by molar-refractivity contribution is 0.146. The molecule has 0 saturated heterocycles. The van der Waals surface area contributed by atoms with Gasteiger partial charge in [0.1, 0.15) is 23.9 Å². The summed E-state index contributed by atoms with van der Waals surface area (Å²) in [6.07, 6.45) is 0. The summed E-state index contributed by atoms with van der Waals surface area (Å²) in [5.74, 6) is 1.52. The number of hydrogen-bond acceptors (Lipinski definition) is 6. The van der Waals surface area contributed by atoms with Crippen LogP contribution in [0.15, 0.2) is 41.3 Å². The lowest BCUT2D eigenvalue weighted by atomic mass is 10.2. The highest BCUT2D eigenvalue weighted by atomic mass is 32.2. The predicted molar refractivity (Wildman–Crippen MR) is 98.9 cm³/mol. The molecule has 0 radical (unpaired) electrons. The summed E-state index contributed by atoms with van der Waals surface area (Å²) in [4.78, 5) is 0.124. The molecule has 1 N–H and O–H groups in total. The Bertz CT molecular complexity index is 851. The number of nitrogens with one attached hydrogen (secondary N) is 1. The van der Waals surface area contributed by atoms with Gasteiger partial charge in [0, 0.05) is 13.2 Å². The molecule has 2 aromatic rings. The first kappa shape index (κ1) is 19.9. The molecule has 0 aliphatic heterocycles. The molecule has 0 amide bonds. The largest absolute Gasteiger partial charge is 0.497 e. The monoisotopic (exact) mass is 381 g/mol. The highest BCUT2D eigenvalue weighted by Gasteiger charge is 2.18. The molecule has 0 aliphatic carbocycles. The van der Waals surface area contributed by atoms with Crippen LogP contribution in [0.5, 0.6) is 17.2 Å². The van der Waals surface area contributed by atoms with E-state index in [9.17, 15) is 8.42 Å². The van der Waals surface area contributed by atoms with Crippen LogP contribution in [0.25, 0.3) is 0 Å². The molecule has 0 unspecified atom stereocenters. The zero-order valence-corrected chi connectivity index (χ0v) is 16.1. The Labute approximate surface area is 153 Å². The van der Waals surface area contributed by atoms with E-state index in [1.807, 2.05) is 0 Å². The first-order chi connectivity index (χ1) is 12.4. The molecule has 0 aliphatic rings. The van der Waals surface area contributed by atoms with Crippen molar-refractivity contribution in [1.29, 1.82) is 0 Å². The van der Waals surface area contributed by atoms with E-state index in [1.54, 1.807) is 44.4 Å². The van der Waals surface area contributed by atoms with Crippen molar-refractivity contribution in [2.24, 2.45) is 0 Å². The molecule has 0 aromatic heterocycles. The Hall–Kier alpha value is -2.45. The maximum atomic E-state index is 12.7. The minimum absolute atomic E-state index is 0.124. The van der Waals surface area contributed by atoms with Gasteiger partial charge in [-0.25, -0.2) is 8.42 Å². The summed E-state index contributed by atoms with van der Waals surface area (Å²) < 4.78 is 48.8. The minimum Gasteiger partial charge on any atom is -0.497 e. The van der Waals surface area contributed by atoms with Crippen molar-refractivity contribution in [3.63, 3.8) is 0 Å². The van der Waals surface area contributed by atoms with E-state index in [-0.39, 0.29) is 4.90 Å². The molecule has 2 aromatic carbocycles. The molecule has 26 heavy (non-hydrogen) atoms. The van der Waals surface area contributed by atoms with E-state index in [4.69, 9.17) is 18.9 Å². The van der Waals surface area contributed by atoms with Gasteiger partial charge in [-0.2, -0.15) is 0 Å². The molecule has 142 valence electrons. The first-order valence-electron chi connectivity index (χ1n) is 7.88. The number of benzene rings is 2. The Morgan fingerprint density at radius 2 is 1.65 bits per heavy atom. The molecule has 0 saturated carbocycles. The summed E-state index contributed by atoms with van der Waals surface area (Å²) in [5, 5.41) is 0. The number of sulfonamides is 1. The van der Waals surface area contributed by atoms with Crippen molar-refractivity contribution in [2.45, 2.75) is 11.8 Å². The van der Waals surface area contributed by atoms with Gasteiger partial charge in [0.2, 0.25) is 0 Å². The average molecular weight is 381 g/mol. The van der Waals surface area contributed by atoms with E-state index in [1.165, 1.54) is 20.3 Å². The quantitative estimate of drug-likeness (QED) is 0.673. The maximum absolute atomic E-state index is 12.7. The number of methoxy groups -OCH3 is 3. The van der Waals surface area contributed by atoms with Crippen LogP contribution in [-0.4, -0.2) is 43.0 Å². The predicted octanol–water partition coefficient (Wildman–Crippen LogP) is 2.84. The Kier molecular flexibility index (Phi) is 6.70. The van der Waals surface area contributed by atoms with E-state index in [2.05, 4.69) is 4.72 Å². The summed E-state index contributed by atoms with van der Waals surface area (Å²) in [6.45, 7) is 2.63. The van der Waals surface area contributed by atoms with Crippen LogP contribution in [0.2, 0.25) is 0 Å². The smallest absolute Gasteiger partial charge is 0.262 e. The van der Waals surface area contributed by atoms with Gasteiger partial charge < -0.3 is 18.9 Å². The van der Waals surface area contributed by atoms with E-state index >= 15 is 0 Å². The van der Waals surface area contributed by atoms with Crippen molar-refractivity contribution in [2.75, 3.05) is 39.3 Å². The van der Waals surface area contributed by atoms with Crippen LogP contribution in [0.1, 0.15) is 5.56 Å². The minimum atomic E-state index is -3.80. The lowest BCUT2D eigenvalue weighted by Crippen LogP contribution is -2.14. The molecular formula is C18H23NO6S. The average Bonchev–Trinajstić information content (AvgIpc) is 2.62. The summed E-state index contributed by atoms with van der Waals surface area (Å²) >= 11 is 0. The van der Waals surface area contributed by atoms with Crippen LogP contribution >= 0.6 is 0 Å². The second-order valence-corrected chi connectivity index (χ2v) is 7.12. The highest BCUT2D eigenvalue weighted by molar-refractivity contribution is 7.92. The highest BCUT2D eigenvalue weighted by Crippen LogP contribution is 2.31. The maximum Gasteiger partial charge on any atom is 0.262 e. The summed E-state index contributed by atoms with van der Waals surface area (Å²) in [5.41, 5.74) is 1.01. The lowest BCUT2D eigenvalue weighted by Gasteiger charge is -2.14. The van der Waals surface area contributed by atoms with Gasteiger partial charge in [-0.15, -0.1) is 0 Å². The molecular weight excluding hydrogens is 358 g/mol. The number of anilines is 1. The molecule has 2 rings (SSSR count). The van der Waals surface area contributed by atoms with Crippen molar-refractivity contribution in [3.05, 3.63) is 42.0 Å². The normalized spacial score (nSPS) is 11.1. The standard InChI is InChI=1S/C18H23NO6S/c1-13-11-15(6-8-17(13)25-10-9-22-2)26(20,21)19-16-12-14(23-3)5-7-18(16)24-4/h5-8,11-12,19H,9-10H2,1-4H3.